The highest BCUT2D eigenvalue weighted by atomic mass is 79.9. The van der Waals surface area contributed by atoms with Gasteiger partial charge in [-0.15, -0.1) is 0 Å². The molecule has 4 nitrogen and oxygen atoms in total. The third kappa shape index (κ3) is 3.41. The molecule has 5 heteroatoms. The number of carbonyl (C=O) groups excluding carboxylic acids is 1. The van der Waals surface area contributed by atoms with Crippen LogP contribution in [0.1, 0.15) is 10.4 Å². The maximum Gasteiger partial charge on any atom is 0.256 e. The summed E-state index contributed by atoms with van der Waals surface area (Å²) in [5.74, 6) is 0.391. The quantitative estimate of drug-likeness (QED) is 0.339. The first-order chi connectivity index (χ1) is 14.2. The Morgan fingerprint density at radius 3 is 2.55 bits per heavy atom. The summed E-state index contributed by atoms with van der Waals surface area (Å²) in [4.78, 5) is 17.4. The number of amides is 1. The van der Waals surface area contributed by atoms with Gasteiger partial charge in [0.05, 0.1) is 0 Å². The molecule has 0 atom stereocenters. The smallest absolute Gasteiger partial charge is 0.256 e. The maximum absolute atomic E-state index is 12.9. The Morgan fingerprint density at radius 2 is 1.69 bits per heavy atom. The van der Waals surface area contributed by atoms with Gasteiger partial charge in [-0.2, -0.15) is 0 Å². The molecule has 1 amide bonds. The lowest BCUT2D eigenvalue weighted by Gasteiger charge is -2.08. The van der Waals surface area contributed by atoms with Crippen LogP contribution in [0, 0.1) is 0 Å². The van der Waals surface area contributed by atoms with E-state index >= 15 is 0 Å². The van der Waals surface area contributed by atoms with Crippen molar-refractivity contribution in [2.24, 2.45) is 0 Å². The molecule has 0 unspecified atom stereocenters. The van der Waals surface area contributed by atoms with Crippen molar-refractivity contribution in [2.45, 2.75) is 0 Å². The second-order valence-electron chi connectivity index (χ2n) is 6.69. The second-order valence-corrected chi connectivity index (χ2v) is 7.60. The molecule has 0 aliphatic heterocycles. The van der Waals surface area contributed by atoms with E-state index in [9.17, 15) is 4.79 Å². The Bertz CT molecular complexity index is 1350. The van der Waals surface area contributed by atoms with Crippen LogP contribution < -0.4 is 5.32 Å². The molecule has 0 aliphatic rings. The van der Waals surface area contributed by atoms with E-state index in [0.717, 1.165) is 20.8 Å². The Labute approximate surface area is 175 Å². The molecule has 0 fully saturated rings. The molecule has 1 aromatic heterocycles. The van der Waals surface area contributed by atoms with Crippen LogP contribution in [0.4, 0.5) is 5.69 Å². The number of carbonyl (C=O) groups is 1. The SMILES string of the molecule is O=C(Nc1ccc2oc(-c3ccc(Br)cc3)nc2c1)c1cccc2ccccc12. The molecule has 0 spiro atoms. The molecule has 0 radical (unpaired) electrons. The van der Waals surface area contributed by atoms with Crippen molar-refractivity contribution >= 4 is 49.4 Å². The molecule has 0 bridgehead atoms. The highest BCUT2D eigenvalue weighted by Gasteiger charge is 2.12. The number of nitrogens with one attached hydrogen (secondary N) is 1. The fourth-order valence-corrected chi connectivity index (χ4v) is 3.61. The molecule has 0 saturated carbocycles. The summed E-state index contributed by atoms with van der Waals surface area (Å²) in [6.07, 6.45) is 0. The first-order valence-electron chi connectivity index (χ1n) is 9.13. The van der Waals surface area contributed by atoms with Crippen molar-refractivity contribution < 1.29 is 9.21 Å². The van der Waals surface area contributed by atoms with E-state index in [1.54, 1.807) is 0 Å². The van der Waals surface area contributed by atoms with Crippen LogP contribution in [-0.2, 0) is 0 Å². The van der Waals surface area contributed by atoms with Gasteiger partial charge >= 0.3 is 0 Å². The molecule has 140 valence electrons. The predicted molar refractivity (Wildman–Crippen MR) is 119 cm³/mol. The van der Waals surface area contributed by atoms with Crippen molar-refractivity contribution in [1.82, 2.24) is 4.98 Å². The molecule has 0 aliphatic carbocycles. The van der Waals surface area contributed by atoms with Crippen molar-refractivity contribution in [3.8, 4) is 11.5 Å². The van der Waals surface area contributed by atoms with Crippen LogP contribution in [0.15, 0.2) is 93.8 Å². The fraction of sp³-hybridized carbons (Fsp3) is 0. The molecular formula is C24H15BrN2O2. The van der Waals surface area contributed by atoms with Gasteiger partial charge in [0, 0.05) is 21.3 Å². The Kier molecular flexibility index (Phi) is 4.37. The zero-order valence-corrected chi connectivity index (χ0v) is 16.8. The molecule has 29 heavy (non-hydrogen) atoms. The highest BCUT2D eigenvalue weighted by molar-refractivity contribution is 9.10. The van der Waals surface area contributed by atoms with Crippen molar-refractivity contribution in [1.29, 1.82) is 0 Å². The average Bonchev–Trinajstić information content (AvgIpc) is 3.17. The summed E-state index contributed by atoms with van der Waals surface area (Å²) in [6.45, 7) is 0. The van der Waals surface area contributed by atoms with Crippen LogP contribution in [0.2, 0.25) is 0 Å². The van der Waals surface area contributed by atoms with Gasteiger partial charge in [-0.3, -0.25) is 4.79 Å². The predicted octanol–water partition coefficient (Wildman–Crippen LogP) is 6.66. The zero-order valence-electron chi connectivity index (χ0n) is 15.2. The molecule has 0 saturated heterocycles. The number of benzene rings is 4. The fourth-order valence-electron chi connectivity index (χ4n) is 3.34. The topological polar surface area (TPSA) is 55.1 Å². The Hall–Kier alpha value is -3.44. The minimum atomic E-state index is -0.155. The highest BCUT2D eigenvalue weighted by Crippen LogP contribution is 2.28. The van der Waals surface area contributed by atoms with Gasteiger partial charge in [0.25, 0.3) is 5.91 Å². The average molecular weight is 443 g/mol. The summed E-state index contributed by atoms with van der Waals surface area (Å²) < 4.78 is 6.85. The van der Waals surface area contributed by atoms with Gasteiger partial charge < -0.3 is 9.73 Å². The lowest BCUT2D eigenvalue weighted by Crippen LogP contribution is -2.12. The standard InChI is InChI=1S/C24H15BrN2O2/c25-17-10-8-16(9-11-17)24-27-21-14-18(12-13-22(21)29-24)26-23(28)20-7-3-5-15-4-1-2-6-19(15)20/h1-14H,(H,26,28). The summed E-state index contributed by atoms with van der Waals surface area (Å²) >= 11 is 3.43. The minimum Gasteiger partial charge on any atom is -0.436 e. The molecular weight excluding hydrogens is 428 g/mol. The lowest BCUT2D eigenvalue weighted by atomic mass is 10.0. The number of rotatable bonds is 3. The van der Waals surface area contributed by atoms with E-state index in [1.165, 1.54) is 0 Å². The van der Waals surface area contributed by atoms with E-state index in [-0.39, 0.29) is 5.91 Å². The number of anilines is 1. The zero-order chi connectivity index (χ0) is 19.8. The van der Waals surface area contributed by atoms with E-state index in [1.807, 2.05) is 84.9 Å². The molecule has 5 rings (SSSR count). The number of aromatic nitrogens is 1. The molecule has 4 aromatic carbocycles. The Morgan fingerprint density at radius 1 is 0.897 bits per heavy atom. The van der Waals surface area contributed by atoms with Crippen LogP contribution in [0.3, 0.4) is 0 Å². The number of hydrogen-bond acceptors (Lipinski definition) is 3. The number of halogens is 1. The third-order valence-corrected chi connectivity index (χ3v) is 5.30. The normalized spacial score (nSPS) is 11.1. The monoisotopic (exact) mass is 442 g/mol. The number of oxazole rings is 1. The minimum absolute atomic E-state index is 0.155. The third-order valence-electron chi connectivity index (χ3n) is 4.77. The van der Waals surface area contributed by atoms with E-state index in [2.05, 4.69) is 26.2 Å². The van der Waals surface area contributed by atoms with E-state index in [0.29, 0.717) is 28.2 Å². The maximum atomic E-state index is 12.9. The van der Waals surface area contributed by atoms with Gasteiger partial charge in [0.2, 0.25) is 5.89 Å². The van der Waals surface area contributed by atoms with Crippen molar-refractivity contribution in [3.05, 3.63) is 95.0 Å². The molecule has 1 heterocycles. The summed E-state index contributed by atoms with van der Waals surface area (Å²) in [5.41, 5.74) is 3.57. The first-order valence-corrected chi connectivity index (χ1v) is 9.92. The van der Waals surface area contributed by atoms with Gasteiger partial charge in [-0.25, -0.2) is 4.98 Å². The largest absolute Gasteiger partial charge is 0.436 e. The summed E-state index contributed by atoms with van der Waals surface area (Å²) in [7, 11) is 0. The Balaban J connectivity index is 1.46. The van der Waals surface area contributed by atoms with Gasteiger partial charge in [-0.05, 0) is 59.3 Å². The van der Waals surface area contributed by atoms with Gasteiger partial charge in [-0.1, -0.05) is 52.3 Å². The number of fused-ring (bicyclic) bond motifs is 2. The van der Waals surface area contributed by atoms with Gasteiger partial charge in [0.15, 0.2) is 5.58 Å². The lowest BCUT2D eigenvalue weighted by molar-refractivity contribution is 0.102. The van der Waals surface area contributed by atoms with E-state index < -0.39 is 0 Å². The van der Waals surface area contributed by atoms with Gasteiger partial charge in [0.1, 0.15) is 5.52 Å². The first kappa shape index (κ1) is 17.6. The summed E-state index contributed by atoms with van der Waals surface area (Å²) in [5, 5.41) is 4.93. The number of nitrogens with zero attached hydrogens (tertiary/aromatic N) is 1. The van der Waals surface area contributed by atoms with Crippen LogP contribution in [0.25, 0.3) is 33.3 Å². The summed E-state index contributed by atoms with van der Waals surface area (Å²) in [6, 6.07) is 26.8. The van der Waals surface area contributed by atoms with Crippen LogP contribution in [-0.4, -0.2) is 10.9 Å². The van der Waals surface area contributed by atoms with Crippen molar-refractivity contribution in [2.75, 3.05) is 5.32 Å². The van der Waals surface area contributed by atoms with Crippen LogP contribution in [0.5, 0.6) is 0 Å². The van der Waals surface area contributed by atoms with Crippen molar-refractivity contribution in [3.63, 3.8) is 0 Å². The molecule has 1 N–H and O–H groups in total. The van der Waals surface area contributed by atoms with E-state index in [4.69, 9.17) is 4.42 Å². The second kappa shape index (κ2) is 7.18. The molecule has 5 aromatic rings. The number of hydrogen-bond donors (Lipinski definition) is 1. The van der Waals surface area contributed by atoms with Crippen LogP contribution >= 0.6 is 15.9 Å².